The highest BCUT2D eigenvalue weighted by Crippen LogP contribution is 2.24. The predicted molar refractivity (Wildman–Crippen MR) is 126 cm³/mol. The van der Waals surface area contributed by atoms with Gasteiger partial charge in [0.05, 0.1) is 29.2 Å². The van der Waals surface area contributed by atoms with Gasteiger partial charge in [0.25, 0.3) is 11.1 Å². The number of ether oxygens (including phenoxy) is 1. The van der Waals surface area contributed by atoms with E-state index in [1.54, 1.807) is 29.0 Å². The zero-order chi connectivity index (χ0) is 22.2. The lowest BCUT2D eigenvalue weighted by Gasteiger charge is -2.16. The van der Waals surface area contributed by atoms with Crippen LogP contribution in [0.1, 0.15) is 24.1 Å². The minimum absolute atomic E-state index is 0.00900. The molecular weight excluding hydrogens is 448 g/mol. The molecule has 1 fully saturated rings. The van der Waals surface area contributed by atoms with Crippen molar-refractivity contribution in [3.8, 4) is 0 Å². The Morgan fingerprint density at radius 1 is 1.19 bits per heavy atom. The van der Waals surface area contributed by atoms with Gasteiger partial charge in [-0.05, 0) is 49.6 Å². The monoisotopic (exact) mass is 468 g/mol. The summed E-state index contributed by atoms with van der Waals surface area (Å²) < 4.78 is 8.97. The molecule has 3 aromatic heterocycles. The van der Waals surface area contributed by atoms with Crippen molar-refractivity contribution in [1.82, 2.24) is 18.9 Å². The van der Waals surface area contributed by atoms with Gasteiger partial charge in [0.1, 0.15) is 5.65 Å². The van der Waals surface area contributed by atoms with Gasteiger partial charge in [-0.25, -0.2) is 9.97 Å². The van der Waals surface area contributed by atoms with E-state index in [-0.39, 0.29) is 17.2 Å². The highest BCUT2D eigenvalue weighted by molar-refractivity contribution is 7.98. The lowest BCUT2D eigenvalue weighted by atomic mass is 10.2. The fourth-order valence-electron chi connectivity index (χ4n) is 3.91. The van der Waals surface area contributed by atoms with Crippen molar-refractivity contribution in [3.63, 3.8) is 0 Å². The molecule has 1 unspecified atom stereocenters. The molecule has 1 saturated heterocycles. The molecule has 0 saturated carbocycles. The second-order valence-corrected chi connectivity index (χ2v) is 9.29. The Hall–Kier alpha value is -2.68. The number of hydrogen-bond donors (Lipinski definition) is 0. The van der Waals surface area contributed by atoms with Crippen LogP contribution >= 0.6 is 23.4 Å². The molecule has 4 heterocycles. The van der Waals surface area contributed by atoms with Gasteiger partial charge in [-0.1, -0.05) is 29.4 Å². The molecule has 0 aliphatic carbocycles. The summed E-state index contributed by atoms with van der Waals surface area (Å²) in [6.45, 7) is 3.09. The number of pyridine rings is 1. The van der Waals surface area contributed by atoms with Crippen molar-refractivity contribution < 1.29 is 4.74 Å². The van der Waals surface area contributed by atoms with Crippen molar-refractivity contribution in [3.05, 3.63) is 79.6 Å². The third-order valence-corrected chi connectivity index (χ3v) is 6.75. The molecule has 1 aliphatic heterocycles. The summed E-state index contributed by atoms with van der Waals surface area (Å²) in [5.74, 6) is 0.406. The van der Waals surface area contributed by atoms with Crippen molar-refractivity contribution >= 4 is 39.9 Å². The van der Waals surface area contributed by atoms with Gasteiger partial charge in [-0.15, -0.1) is 0 Å². The number of aryl methyl sites for hydroxylation is 1. The van der Waals surface area contributed by atoms with Crippen LogP contribution in [-0.2, 0) is 17.0 Å². The second kappa shape index (κ2) is 8.69. The van der Waals surface area contributed by atoms with Gasteiger partial charge >= 0.3 is 0 Å². The zero-order valence-corrected chi connectivity index (χ0v) is 19.0. The van der Waals surface area contributed by atoms with E-state index in [2.05, 4.69) is 4.98 Å². The van der Waals surface area contributed by atoms with E-state index in [4.69, 9.17) is 21.3 Å². The number of fused-ring (bicyclic) bond motifs is 2. The minimum atomic E-state index is -0.135. The summed E-state index contributed by atoms with van der Waals surface area (Å²) in [5.41, 5.74) is 2.51. The number of halogens is 1. The van der Waals surface area contributed by atoms with Gasteiger partial charge in [-0.3, -0.25) is 18.6 Å². The number of hydrogen-bond acceptors (Lipinski definition) is 6. The van der Waals surface area contributed by atoms with Crippen LogP contribution in [0.15, 0.2) is 57.3 Å². The molecule has 1 aliphatic rings. The quantitative estimate of drug-likeness (QED) is 0.327. The van der Waals surface area contributed by atoms with Gasteiger partial charge in [0.15, 0.2) is 5.16 Å². The van der Waals surface area contributed by atoms with Crippen LogP contribution in [0.25, 0.3) is 16.6 Å². The molecule has 32 heavy (non-hydrogen) atoms. The maximum Gasteiger partial charge on any atom is 0.262 e. The molecule has 0 bridgehead atoms. The summed E-state index contributed by atoms with van der Waals surface area (Å²) in [6, 6.07) is 10.4. The first-order valence-corrected chi connectivity index (χ1v) is 11.8. The van der Waals surface area contributed by atoms with Crippen molar-refractivity contribution in [2.75, 3.05) is 6.61 Å². The fraction of sp³-hybridized carbons (Fsp3) is 0.304. The van der Waals surface area contributed by atoms with Crippen LogP contribution in [0.3, 0.4) is 0 Å². The van der Waals surface area contributed by atoms with Gasteiger partial charge in [0, 0.05) is 29.6 Å². The third kappa shape index (κ3) is 4.18. The van der Waals surface area contributed by atoms with Crippen LogP contribution in [0.5, 0.6) is 0 Å². The van der Waals surface area contributed by atoms with Crippen molar-refractivity contribution in [1.29, 1.82) is 0 Å². The van der Waals surface area contributed by atoms with E-state index >= 15 is 0 Å². The number of nitrogens with zero attached hydrogens (tertiary/aromatic N) is 4. The van der Waals surface area contributed by atoms with E-state index in [9.17, 15) is 9.59 Å². The minimum Gasteiger partial charge on any atom is -0.376 e. The molecule has 1 atom stereocenters. The van der Waals surface area contributed by atoms with Crippen molar-refractivity contribution in [2.24, 2.45) is 0 Å². The first-order valence-electron chi connectivity index (χ1n) is 10.4. The first kappa shape index (κ1) is 21.2. The Labute approximate surface area is 193 Å². The summed E-state index contributed by atoms with van der Waals surface area (Å²) in [4.78, 5) is 35.1. The number of benzene rings is 1. The normalized spacial score (nSPS) is 16.2. The maximum absolute atomic E-state index is 13.3. The zero-order valence-electron chi connectivity index (χ0n) is 17.5. The molecule has 9 heteroatoms. The van der Waals surface area contributed by atoms with E-state index in [0.717, 1.165) is 18.4 Å². The predicted octanol–water partition coefficient (Wildman–Crippen LogP) is 3.84. The van der Waals surface area contributed by atoms with Crippen LogP contribution in [0.2, 0.25) is 5.02 Å². The summed E-state index contributed by atoms with van der Waals surface area (Å²) >= 11 is 7.52. The Balaban J connectivity index is 1.52. The number of rotatable bonds is 5. The van der Waals surface area contributed by atoms with Crippen LogP contribution in [0.4, 0.5) is 0 Å². The molecule has 0 spiro atoms. The molecule has 0 radical (unpaired) electrons. The summed E-state index contributed by atoms with van der Waals surface area (Å²) in [6.07, 6.45) is 3.67. The average Bonchev–Trinajstić information content (AvgIpc) is 3.28. The van der Waals surface area contributed by atoms with Crippen LogP contribution in [0, 0.1) is 6.92 Å². The lowest BCUT2D eigenvalue weighted by molar-refractivity contribution is 0.0937. The smallest absolute Gasteiger partial charge is 0.262 e. The number of thioether (sulfide) groups is 1. The second-order valence-electron chi connectivity index (χ2n) is 7.92. The van der Waals surface area contributed by atoms with Gasteiger partial charge in [-0.2, -0.15) is 0 Å². The third-order valence-electron chi connectivity index (χ3n) is 5.50. The standard InChI is InChI=1S/C23H21ClN4O3S/c1-14-4-7-20-25-16(10-21(29)27(20)11-14)13-32-23-26-19-9-15(24)5-6-18(19)22(30)28(23)12-17-3-2-8-31-17/h4-7,9-11,17H,2-3,8,12-13H2,1H3. The molecule has 0 amide bonds. The molecule has 0 N–H and O–H groups in total. The summed E-state index contributed by atoms with van der Waals surface area (Å²) in [7, 11) is 0. The van der Waals surface area contributed by atoms with E-state index in [1.165, 1.54) is 22.2 Å². The topological polar surface area (TPSA) is 78.5 Å². The average molecular weight is 469 g/mol. The van der Waals surface area contributed by atoms with Gasteiger partial charge in [0.2, 0.25) is 0 Å². The van der Waals surface area contributed by atoms with Gasteiger partial charge < -0.3 is 4.74 Å². The highest BCUT2D eigenvalue weighted by Gasteiger charge is 2.20. The lowest BCUT2D eigenvalue weighted by Crippen LogP contribution is -2.28. The largest absolute Gasteiger partial charge is 0.376 e. The molecular formula is C23H21ClN4O3S. The van der Waals surface area contributed by atoms with E-state index in [1.807, 2.05) is 19.1 Å². The molecule has 1 aromatic carbocycles. The van der Waals surface area contributed by atoms with Crippen LogP contribution in [-0.4, -0.2) is 31.6 Å². The van der Waals surface area contributed by atoms with Crippen molar-refractivity contribution in [2.45, 2.75) is 43.3 Å². The SMILES string of the molecule is Cc1ccc2nc(CSc3nc4cc(Cl)ccc4c(=O)n3CC3CCCO3)cc(=O)n2c1. The van der Waals surface area contributed by atoms with E-state index < -0.39 is 0 Å². The Kier molecular flexibility index (Phi) is 5.75. The molecule has 4 aromatic rings. The first-order chi connectivity index (χ1) is 15.5. The summed E-state index contributed by atoms with van der Waals surface area (Å²) in [5, 5.41) is 1.61. The Morgan fingerprint density at radius 3 is 2.88 bits per heavy atom. The maximum atomic E-state index is 13.3. The van der Waals surface area contributed by atoms with E-state index in [0.29, 0.717) is 51.3 Å². The Morgan fingerprint density at radius 2 is 2.06 bits per heavy atom. The molecule has 164 valence electrons. The number of aromatic nitrogens is 4. The molecule has 5 rings (SSSR count). The fourth-order valence-corrected chi connectivity index (χ4v) is 4.98. The Bertz CT molecular complexity index is 1440. The van der Waals surface area contributed by atoms with Crippen LogP contribution < -0.4 is 11.1 Å². The highest BCUT2D eigenvalue weighted by atomic mass is 35.5. The molecule has 7 nitrogen and oxygen atoms in total.